The van der Waals surface area contributed by atoms with Crippen LogP contribution in [-0.4, -0.2) is 56.5 Å². The normalized spacial score (nSPS) is 14.6. The molecule has 1 heterocycles. The lowest BCUT2D eigenvalue weighted by Crippen LogP contribution is -2.51. The Morgan fingerprint density at radius 3 is 2.32 bits per heavy atom. The van der Waals surface area contributed by atoms with Crippen LogP contribution in [0.15, 0.2) is 24.3 Å². The van der Waals surface area contributed by atoms with Gasteiger partial charge in [-0.1, -0.05) is 6.92 Å². The average molecular weight is 305 g/mol. The highest BCUT2D eigenvalue weighted by Gasteiger charge is 2.21. The highest BCUT2D eigenvalue weighted by molar-refractivity contribution is 5.84. The van der Waals surface area contributed by atoms with Crippen LogP contribution in [0.25, 0.3) is 0 Å². The molecular formula is C16H23N3O3. The predicted molar refractivity (Wildman–Crippen MR) is 85.1 cm³/mol. The van der Waals surface area contributed by atoms with Gasteiger partial charge in [-0.3, -0.25) is 9.59 Å². The topological polar surface area (TPSA) is 61.9 Å². The summed E-state index contributed by atoms with van der Waals surface area (Å²) in [4.78, 5) is 27.3. The Bertz CT molecular complexity index is 508. The molecule has 2 amide bonds. The summed E-state index contributed by atoms with van der Waals surface area (Å²) in [6.45, 7) is 4.79. The monoisotopic (exact) mass is 305 g/mol. The molecule has 0 atom stereocenters. The van der Waals surface area contributed by atoms with Crippen molar-refractivity contribution in [3.63, 3.8) is 0 Å². The predicted octanol–water partition coefficient (Wildman–Crippen LogP) is 0.870. The Morgan fingerprint density at radius 2 is 1.77 bits per heavy atom. The molecule has 1 aromatic carbocycles. The van der Waals surface area contributed by atoms with Crippen LogP contribution in [0.5, 0.6) is 5.75 Å². The van der Waals surface area contributed by atoms with Crippen molar-refractivity contribution in [2.24, 2.45) is 0 Å². The standard InChI is InChI=1S/C16H23N3O3/c1-3-15(20)17-12-16(21)19-10-8-18(9-11-19)13-4-6-14(22-2)7-5-13/h4-7H,3,8-12H2,1-2H3,(H,17,20). The quantitative estimate of drug-likeness (QED) is 0.877. The minimum Gasteiger partial charge on any atom is -0.497 e. The molecule has 1 aliphatic rings. The Hall–Kier alpha value is -2.24. The van der Waals surface area contributed by atoms with Gasteiger partial charge in [0.15, 0.2) is 0 Å². The number of nitrogens with zero attached hydrogens (tertiary/aromatic N) is 2. The maximum Gasteiger partial charge on any atom is 0.242 e. The van der Waals surface area contributed by atoms with E-state index in [0.717, 1.165) is 24.5 Å². The molecular weight excluding hydrogens is 282 g/mol. The zero-order valence-electron chi connectivity index (χ0n) is 13.2. The van der Waals surface area contributed by atoms with Crippen LogP contribution in [0.1, 0.15) is 13.3 Å². The number of methoxy groups -OCH3 is 1. The lowest BCUT2D eigenvalue weighted by atomic mass is 10.2. The molecule has 1 saturated heterocycles. The van der Waals surface area contributed by atoms with Gasteiger partial charge in [-0.2, -0.15) is 0 Å². The van der Waals surface area contributed by atoms with Gasteiger partial charge < -0.3 is 19.9 Å². The van der Waals surface area contributed by atoms with Gasteiger partial charge in [0.1, 0.15) is 5.75 Å². The molecule has 1 fully saturated rings. The molecule has 6 nitrogen and oxygen atoms in total. The van der Waals surface area contributed by atoms with E-state index in [4.69, 9.17) is 4.74 Å². The summed E-state index contributed by atoms with van der Waals surface area (Å²) in [7, 11) is 1.65. The number of rotatable bonds is 5. The summed E-state index contributed by atoms with van der Waals surface area (Å²) in [6.07, 6.45) is 0.401. The van der Waals surface area contributed by atoms with Gasteiger partial charge in [0.05, 0.1) is 13.7 Å². The third-order valence-electron chi connectivity index (χ3n) is 3.83. The molecule has 22 heavy (non-hydrogen) atoms. The van der Waals surface area contributed by atoms with Crippen molar-refractivity contribution in [2.75, 3.05) is 44.7 Å². The first kappa shape index (κ1) is 16.1. The third kappa shape index (κ3) is 4.13. The van der Waals surface area contributed by atoms with Gasteiger partial charge in [-0.05, 0) is 24.3 Å². The average Bonchev–Trinajstić information content (AvgIpc) is 2.59. The number of hydrogen-bond acceptors (Lipinski definition) is 4. The molecule has 0 aliphatic carbocycles. The van der Waals surface area contributed by atoms with Crippen LogP contribution in [0.2, 0.25) is 0 Å². The lowest BCUT2D eigenvalue weighted by Gasteiger charge is -2.36. The number of benzene rings is 1. The van der Waals surface area contributed by atoms with Gasteiger partial charge in [0.2, 0.25) is 11.8 Å². The first-order valence-electron chi connectivity index (χ1n) is 7.57. The van der Waals surface area contributed by atoms with Crippen molar-refractivity contribution in [2.45, 2.75) is 13.3 Å². The van der Waals surface area contributed by atoms with E-state index in [2.05, 4.69) is 10.2 Å². The number of hydrogen-bond donors (Lipinski definition) is 1. The number of anilines is 1. The number of nitrogens with one attached hydrogen (secondary N) is 1. The third-order valence-corrected chi connectivity index (χ3v) is 3.83. The number of amides is 2. The summed E-state index contributed by atoms with van der Waals surface area (Å²) in [5.74, 6) is 0.727. The smallest absolute Gasteiger partial charge is 0.242 e. The maximum absolute atomic E-state index is 12.0. The van der Waals surface area contributed by atoms with Crippen molar-refractivity contribution in [3.8, 4) is 5.75 Å². The molecule has 0 unspecified atom stereocenters. The van der Waals surface area contributed by atoms with E-state index in [1.807, 2.05) is 24.3 Å². The molecule has 0 aromatic heterocycles. The highest BCUT2D eigenvalue weighted by atomic mass is 16.5. The van der Waals surface area contributed by atoms with Crippen molar-refractivity contribution in [1.29, 1.82) is 0 Å². The molecule has 1 aromatic rings. The second kappa shape index (κ2) is 7.68. The zero-order chi connectivity index (χ0) is 15.9. The van der Waals surface area contributed by atoms with Gasteiger partial charge in [-0.15, -0.1) is 0 Å². The van der Waals surface area contributed by atoms with Gasteiger partial charge in [0, 0.05) is 38.3 Å². The van der Waals surface area contributed by atoms with Gasteiger partial charge in [-0.25, -0.2) is 0 Å². The lowest BCUT2D eigenvalue weighted by molar-refractivity contribution is -0.133. The summed E-state index contributed by atoms with van der Waals surface area (Å²) in [6, 6.07) is 7.93. The Labute approximate surface area is 131 Å². The minimum absolute atomic E-state index is 0.0174. The summed E-state index contributed by atoms with van der Waals surface area (Å²) in [5, 5.41) is 2.63. The fraction of sp³-hybridized carbons (Fsp3) is 0.500. The van der Waals surface area contributed by atoms with Gasteiger partial charge in [0.25, 0.3) is 0 Å². The van der Waals surface area contributed by atoms with E-state index in [1.54, 1.807) is 18.9 Å². The Kier molecular flexibility index (Phi) is 5.63. The van der Waals surface area contributed by atoms with E-state index in [0.29, 0.717) is 19.5 Å². The summed E-state index contributed by atoms with van der Waals surface area (Å²) in [5.41, 5.74) is 1.13. The van der Waals surface area contributed by atoms with E-state index >= 15 is 0 Å². The minimum atomic E-state index is -0.0924. The van der Waals surface area contributed by atoms with Crippen molar-refractivity contribution >= 4 is 17.5 Å². The van der Waals surface area contributed by atoms with E-state index in [-0.39, 0.29) is 18.4 Å². The maximum atomic E-state index is 12.0. The number of carbonyl (C=O) groups excluding carboxylic acids is 2. The van der Waals surface area contributed by atoms with E-state index in [9.17, 15) is 9.59 Å². The summed E-state index contributed by atoms with van der Waals surface area (Å²) >= 11 is 0. The van der Waals surface area contributed by atoms with Gasteiger partial charge >= 0.3 is 0 Å². The van der Waals surface area contributed by atoms with Crippen LogP contribution in [0.3, 0.4) is 0 Å². The first-order valence-corrected chi connectivity index (χ1v) is 7.57. The molecule has 1 N–H and O–H groups in total. The first-order chi connectivity index (χ1) is 10.6. The molecule has 120 valence electrons. The van der Waals surface area contributed by atoms with Crippen LogP contribution in [-0.2, 0) is 9.59 Å². The van der Waals surface area contributed by atoms with Crippen molar-refractivity contribution in [3.05, 3.63) is 24.3 Å². The van der Waals surface area contributed by atoms with Crippen molar-refractivity contribution < 1.29 is 14.3 Å². The van der Waals surface area contributed by atoms with Crippen molar-refractivity contribution in [1.82, 2.24) is 10.2 Å². The Balaban J connectivity index is 1.81. The fourth-order valence-electron chi connectivity index (χ4n) is 2.42. The number of piperazine rings is 1. The highest BCUT2D eigenvalue weighted by Crippen LogP contribution is 2.20. The molecule has 1 aliphatic heterocycles. The van der Waals surface area contributed by atoms with Crippen LogP contribution in [0, 0.1) is 0 Å². The molecule has 0 saturated carbocycles. The molecule has 6 heteroatoms. The van der Waals surface area contributed by atoms with E-state index < -0.39 is 0 Å². The number of ether oxygens (including phenoxy) is 1. The molecule has 2 rings (SSSR count). The van der Waals surface area contributed by atoms with Crippen LogP contribution >= 0.6 is 0 Å². The van der Waals surface area contributed by atoms with Crippen LogP contribution in [0.4, 0.5) is 5.69 Å². The fourth-order valence-corrected chi connectivity index (χ4v) is 2.42. The number of carbonyl (C=O) groups is 2. The molecule has 0 bridgehead atoms. The second-order valence-electron chi connectivity index (χ2n) is 5.20. The largest absolute Gasteiger partial charge is 0.497 e. The van der Waals surface area contributed by atoms with E-state index in [1.165, 1.54) is 0 Å². The second-order valence-corrected chi connectivity index (χ2v) is 5.20. The Morgan fingerprint density at radius 1 is 1.14 bits per heavy atom. The zero-order valence-corrected chi connectivity index (χ0v) is 13.2. The molecule has 0 radical (unpaired) electrons. The SMILES string of the molecule is CCC(=O)NCC(=O)N1CCN(c2ccc(OC)cc2)CC1. The molecule has 0 spiro atoms. The summed E-state index contributed by atoms with van der Waals surface area (Å²) < 4.78 is 5.15. The van der Waals surface area contributed by atoms with Crippen LogP contribution < -0.4 is 15.0 Å².